The first kappa shape index (κ1) is 11.5. The molecule has 2 nitrogen and oxygen atoms in total. The van der Waals surface area contributed by atoms with E-state index in [-0.39, 0.29) is 11.9 Å². The van der Waals surface area contributed by atoms with Crippen LogP contribution in [0.4, 0.5) is 0 Å². The zero-order valence-electron chi connectivity index (χ0n) is 9.45. The van der Waals surface area contributed by atoms with Crippen LogP contribution in [0.5, 0.6) is 0 Å². The Bertz CT molecular complexity index is 367. The van der Waals surface area contributed by atoms with Crippen molar-refractivity contribution < 1.29 is 4.79 Å². The summed E-state index contributed by atoms with van der Waals surface area (Å²) in [4.78, 5) is 11.3. The molecule has 15 heavy (non-hydrogen) atoms. The monoisotopic (exact) mass is 203 g/mol. The van der Waals surface area contributed by atoms with E-state index in [2.05, 4.69) is 5.32 Å². The molecule has 0 aliphatic carbocycles. The molecule has 0 unspecified atom stereocenters. The third kappa shape index (κ3) is 4.45. The summed E-state index contributed by atoms with van der Waals surface area (Å²) in [6.07, 6.45) is 3.39. The van der Waals surface area contributed by atoms with Crippen LogP contribution < -0.4 is 5.32 Å². The van der Waals surface area contributed by atoms with Crippen molar-refractivity contribution >= 4 is 12.0 Å². The lowest BCUT2D eigenvalue weighted by atomic mass is 10.1. The molecule has 0 saturated carbocycles. The van der Waals surface area contributed by atoms with E-state index in [4.69, 9.17) is 0 Å². The zero-order valence-corrected chi connectivity index (χ0v) is 9.45. The second kappa shape index (κ2) is 5.35. The van der Waals surface area contributed by atoms with Gasteiger partial charge in [-0.15, -0.1) is 0 Å². The topological polar surface area (TPSA) is 29.1 Å². The average molecular weight is 203 g/mol. The Morgan fingerprint density at radius 3 is 2.73 bits per heavy atom. The number of rotatable bonds is 3. The highest BCUT2D eigenvalue weighted by molar-refractivity contribution is 5.91. The molecule has 0 radical (unpaired) electrons. The molecule has 0 heterocycles. The van der Waals surface area contributed by atoms with Crippen molar-refractivity contribution in [2.75, 3.05) is 0 Å². The van der Waals surface area contributed by atoms with Gasteiger partial charge in [-0.25, -0.2) is 0 Å². The number of hydrogen-bond donors (Lipinski definition) is 1. The molecule has 0 spiro atoms. The smallest absolute Gasteiger partial charge is 0.244 e. The molecule has 80 valence electrons. The van der Waals surface area contributed by atoms with E-state index in [1.165, 1.54) is 5.56 Å². The second-order valence-corrected chi connectivity index (χ2v) is 3.91. The Balaban J connectivity index is 2.61. The first-order chi connectivity index (χ1) is 7.08. The molecule has 1 rings (SSSR count). The van der Waals surface area contributed by atoms with E-state index >= 15 is 0 Å². The lowest BCUT2D eigenvalue weighted by Crippen LogP contribution is -2.28. The van der Waals surface area contributed by atoms with Crippen LogP contribution in [0, 0.1) is 6.92 Å². The third-order valence-corrected chi connectivity index (χ3v) is 1.90. The van der Waals surface area contributed by atoms with E-state index < -0.39 is 0 Å². The van der Waals surface area contributed by atoms with Crippen LogP contribution in [-0.4, -0.2) is 11.9 Å². The number of aryl methyl sites for hydroxylation is 1. The highest BCUT2D eigenvalue weighted by atomic mass is 16.1. The molecule has 1 N–H and O–H groups in total. The fourth-order valence-electron chi connectivity index (χ4n) is 1.28. The molecule has 0 atom stereocenters. The van der Waals surface area contributed by atoms with Gasteiger partial charge in [-0.05, 0) is 32.4 Å². The molecule has 0 aromatic heterocycles. The van der Waals surface area contributed by atoms with Gasteiger partial charge in [0.1, 0.15) is 0 Å². The van der Waals surface area contributed by atoms with Gasteiger partial charge in [0, 0.05) is 12.1 Å². The minimum atomic E-state index is -0.0495. The molecule has 2 heteroatoms. The molecule has 1 aromatic rings. The second-order valence-electron chi connectivity index (χ2n) is 3.91. The van der Waals surface area contributed by atoms with Crippen molar-refractivity contribution in [3.8, 4) is 0 Å². The van der Waals surface area contributed by atoms with E-state index in [0.29, 0.717) is 0 Å². The summed E-state index contributed by atoms with van der Waals surface area (Å²) in [6.45, 7) is 5.92. The summed E-state index contributed by atoms with van der Waals surface area (Å²) < 4.78 is 0. The Hall–Kier alpha value is -1.57. The van der Waals surface area contributed by atoms with Gasteiger partial charge in [-0.3, -0.25) is 4.79 Å². The van der Waals surface area contributed by atoms with Crippen LogP contribution in [0.1, 0.15) is 25.0 Å². The molecule has 1 amide bonds. The van der Waals surface area contributed by atoms with Crippen LogP contribution >= 0.6 is 0 Å². The lowest BCUT2D eigenvalue weighted by Gasteiger charge is -2.04. The van der Waals surface area contributed by atoms with E-state index in [1.54, 1.807) is 6.08 Å². The fraction of sp³-hybridized carbons (Fsp3) is 0.308. The number of hydrogen-bond acceptors (Lipinski definition) is 1. The number of amides is 1. The summed E-state index contributed by atoms with van der Waals surface area (Å²) in [5.41, 5.74) is 2.25. The quantitative estimate of drug-likeness (QED) is 0.751. The van der Waals surface area contributed by atoms with Crippen LogP contribution in [0.25, 0.3) is 6.08 Å². The molecule has 0 bridgehead atoms. The Morgan fingerprint density at radius 1 is 1.40 bits per heavy atom. The third-order valence-electron chi connectivity index (χ3n) is 1.90. The van der Waals surface area contributed by atoms with Gasteiger partial charge in [-0.2, -0.15) is 0 Å². The maximum Gasteiger partial charge on any atom is 0.244 e. The first-order valence-corrected chi connectivity index (χ1v) is 5.13. The molecular weight excluding hydrogens is 186 g/mol. The first-order valence-electron chi connectivity index (χ1n) is 5.13. The van der Waals surface area contributed by atoms with E-state index in [9.17, 15) is 4.79 Å². The number of carbonyl (C=O) groups excluding carboxylic acids is 1. The van der Waals surface area contributed by atoms with Gasteiger partial charge in [0.2, 0.25) is 5.91 Å². The van der Waals surface area contributed by atoms with Gasteiger partial charge in [0.25, 0.3) is 0 Å². The number of nitrogens with one attached hydrogen (secondary N) is 1. The van der Waals surface area contributed by atoms with Gasteiger partial charge in [0.05, 0.1) is 0 Å². The predicted molar refractivity (Wildman–Crippen MR) is 63.5 cm³/mol. The van der Waals surface area contributed by atoms with Gasteiger partial charge in [0.15, 0.2) is 0 Å². The van der Waals surface area contributed by atoms with Crippen LogP contribution in [0.15, 0.2) is 30.3 Å². The molecule has 0 aliphatic heterocycles. The van der Waals surface area contributed by atoms with Crippen molar-refractivity contribution in [3.63, 3.8) is 0 Å². The van der Waals surface area contributed by atoms with E-state index in [0.717, 1.165) is 5.56 Å². The highest BCUT2D eigenvalue weighted by Crippen LogP contribution is 2.05. The van der Waals surface area contributed by atoms with Crippen molar-refractivity contribution in [2.45, 2.75) is 26.8 Å². The maximum absolute atomic E-state index is 11.3. The summed E-state index contributed by atoms with van der Waals surface area (Å²) in [6, 6.07) is 8.21. The Kier molecular flexibility index (Phi) is 4.10. The maximum atomic E-state index is 11.3. The Labute approximate surface area is 91.0 Å². The molecular formula is C13H17NO. The standard InChI is InChI=1S/C13H17NO/c1-10(2)14-13(15)8-7-12-6-4-5-11(3)9-12/h4-10H,1-3H3,(H,14,15)/b8-7-. The van der Waals surface area contributed by atoms with Crippen molar-refractivity contribution in [3.05, 3.63) is 41.5 Å². The number of carbonyl (C=O) groups is 1. The van der Waals surface area contributed by atoms with Crippen LogP contribution in [0.3, 0.4) is 0 Å². The lowest BCUT2D eigenvalue weighted by molar-refractivity contribution is -0.116. The summed E-state index contributed by atoms with van der Waals surface area (Å²) in [5, 5.41) is 2.80. The fourth-order valence-corrected chi connectivity index (χ4v) is 1.28. The van der Waals surface area contributed by atoms with Crippen molar-refractivity contribution in [1.82, 2.24) is 5.32 Å². The normalized spacial score (nSPS) is 10.9. The minimum absolute atomic E-state index is 0.0495. The SMILES string of the molecule is Cc1cccc(/C=C\C(=O)NC(C)C)c1. The predicted octanol–water partition coefficient (Wildman–Crippen LogP) is 2.53. The summed E-state index contributed by atoms with van der Waals surface area (Å²) >= 11 is 0. The van der Waals surface area contributed by atoms with Crippen molar-refractivity contribution in [1.29, 1.82) is 0 Å². The molecule has 0 fully saturated rings. The van der Waals surface area contributed by atoms with Crippen LogP contribution in [-0.2, 0) is 4.79 Å². The van der Waals surface area contributed by atoms with Gasteiger partial charge < -0.3 is 5.32 Å². The molecule has 1 aromatic carbocycles. The number of benzene rings is 1. The Morgan fingerprint density at radius 2 is 2.13 bits per heavy atom. The summed E-state index contributed by atoms with van der Waals surface area (Å²) in [5.74, 6) is -0.0495. The average Bonchev–Trinajstić information content (AvgIpc) is 2.14. The largest absolute Gasteiger partial charge is 0.350 e. The van der Waals surface area contributed by atoms with Gasteiger partial charge >= 0.3 is 0 Å². The summed E-state index contributed by atoms with van der Waals surface area (Å²) in [7, 11) is 0. The van der Waals surface area contributed by atoms with Gasteiger partial charge in [-0.1, -0.05) is 29.8 Å². The highest BCUT2D eigenvalue weighted by Gasteiger charge is 1.97. The van der Waals surface area contributed by atoms with Crippen LogP contribution in [0.2, 0.25) is 0 Å². The molecule has 0 aliphatic rings. The molecule has 0 saturated heterocycles. The van der Waals surface area contributed by atoms with E-state index in [1.807, 2.05) is 51.1 Å². The van der Waals surface area contributed by atoms with Crippen molar-refractivity contribution in [2.24, 2.45) is 0 Å². The minimum Gasteiger partial charge on any atom is -0.350 e. The zero-order chi connectivity index (χ0) is 11.3.